The third kappa shape index (κ3) is 3.16. The number of halogens is 7. The molecule has 0 saturated heterocycles. The van der Waals surface area contributed by atoms with Crippen molar-refractivity contribution in [2.75, 3.05) is 14.1 Å². The minimum Gasteiger partial charge on any atom is -0.370 e. The van der Waals surface area contributed by atoms with Gasteiger partial charge >= 0.3 is 23.9 Å². The normalized spacial score (nSPS) is 12.8. The molecule has 0 aliphatic heterocycles. The van der Waals surface area contributed by atoms with Crippen LogP contribution in [0.5, 0.6) is 0 Å². The van der Waals surface area contributed by atoms with Crippen molar-refractivity contribution in [1.82, 2.24) is 9.80 Å². The van der Waals surface area contributed by atoms with E-state index in [-0.39, 0.29) is 0 Å². The molecule has 6 nitrogen and oxygen atoms in total. The first-order valence-electron chi connectivity index (χ1n) is 4.85. The van der Waals surface area contributed by atoms with E-state index in [1.165, 1.54) is 0 Å². The SMILES string of the molecule is CN(C(=N)N)C(=N)N(C)C(=O)C(F)(F)C(F)(F)C(F)(F)F. The van der Waals surface area contributed by atoms with Crippen molar-refractivity contribution in [3.63, 3.8) is 0 Å². The molecule has 0 spiro atoms. The molecular formula is C8H10F7N5O. The van der Waals surface area contributed by atoms with Gasteiger partial charge in [-0.15, -0.1) is 0 Å². The van der Waals surface area contributed by atoms with Gasteiger partial charge in [0.2, 0.25) is 5.96 Å². The van der Waals surface area contributed by atoms with E-state index in [0.29, 0.717) is 11.9 Å². The van der Waals surface area contributed by atoms with E-state index in [2.05, 4.69) is 0 Å². The fourth-order valence-corrected chi connectivity index (χ4v) is 0.958. The Morgan fingerprint density at radius 2 is 1.33 bits per heavy atom. The predicted molar refractivity (Wildman–Crippen MR) is 56.1 cm³/mol. The molecule has 0 fully saturated rings. The van der Waals surface area contributed by atoms with Crippen molar-refractivity contribution in [3.8, 4) is 0 Å². The van der Waals surface area contributed by atoms with E-state index in [1.807, 2.05) is 0 Å². The second-order valence-electron chi connectivity index (χ2n) is 3.78. The lowest BCUT2D eigenvalue weighted by Crippen LogP contribution is -2.61. The molecule has 0 heterocycles. The molecule has 13 heteroatoms. The molecule has 0 atom stereocenters. The average Bonchev–Trinajstić information content (AvgIpc) is 2.33. The molecule has 122 valence electrons. The molecule has 21 heavy (non-hydrogen) atoms. The summed E-state index contributed by atoms with van der Waals surface area (Å²) in [7, 11) is 1.21. The first kappa shape index (κ1) is 18.9. The molecule has 0 saturated carbocycles. The predicted octanol–water partition coefficient (Wildman–Crippen LogP) is 1.04. The molecule has 0 bridgehead atoms. The zero-order chi connectivity index (χ0) is 17.4. The minimum absolute atomic E-state index is 0.305. The lowest BCUT2D eigenvalue weighted by Gasteiger charge is -2.32. The zero-order valence-electron chi connectivity index (χ0n) is 10.5. The van der Waals surface area contributed by atoms with E-state index in [1.54, 1.807) is 0 Å². The molecule has 0 rings (SSSR count). The number of rotatable bonds is 2. The maximum Gasteiger partial charge on any atom is 0.460 e. The second-order valence-corrected chi connectivity index (χ2v) is 3.78. The molecule has 0 aromatic carbocycles. The number of amides is 1. The summed E-state index contributed by atoms with van der Waals surface area (Å²) in [5.41, 5.74) is 4.85. The van der Waals surface area contributed by atoms with Gasteiger partial charge in [0.15, 0.2) is 5.96 Å². The van der Waals surface area contributed by atoms with E-state index in [4.69, 9.17) is 16.6 Å². The van der Waals surface area contributed by atoms with Crippen LogP contribution in [-0.4, -0.2) is 59.7 Å². The van der Waals surface area contributed by atoms with Crippen molar-refractivity contribution < 1.29 is 35.5 Å². The fraction of sp³-hybridized carbons (Fsp3) is 0.625. The Morgan fingerprint density at radius 1 is 0.952 bits per heavy atom. The van der Waals surface area contributed by atoms with E-state index >= 15 is 0 Å². The number of alkyl halides is 7. The van der Waals surface area contributed by atoms with Gasteiger partial charge in [-0.25, -0.2) is 0 Å². The minimum atomic E-state index is -6.67. The number of carbonyl (C=O) groups excluding carboxylic acids is 1. The van der Waals surface area contributed by atoms with Crippen LogP contribution in [0.4, 0.5) is 30.7 Å². The van der Waals surface area contributed by atoms with Gasteiger partial charge in [0.25, 0.3) is 0 Å². The summed E-state index contributed by atoms with van der Waals surface area (Å²) >= 11 is 0. The van der Waals surface area contributed by atoms with Gasteiger partial charge < -0.3 is 5.73 Å². The van der Waals surface area contributed by atoms with Crippen LogP contribution in [-0.2, 0) is 4.79 Å². The van der Waals surface area contributed by atoms with Crippen molar-refractivity contribution in [1.29, 1.82) is 10.8 Å². The third-order valence-corrected chi connectivity index (χ3v) is 2.32. The number of guanidine groups is 2. The largest absolute Gasteiger partial charge is 0.460 e. The highest BCUT2D eigenvalue weighted by Crippen LogP contribution is 2.47. The lowest BCUT2D eigenvalue weighted by atomic mass is 10.1. The molecule has 0 radical (unpaired) electrons. The Balaban J connectivity index is 5.52. The third-order valence-electron chi connectivity index (χ3n) is 2.32. The average molecular weight is 325 g/mol. The summed E-state index contributed by atoms with van der Waals surface area (Å²) in [5, 5.41) is 14.0. The maximum atomic E-state index is 13.1. The highest BCUT2D eigenvalue weighted by Gasteiger charge is 2.77. The van der Waals surface area contributed by atoms with Crippen LogP contribution in [0.1, 0.15) is 0 Å². The number of carbonyl (C=O) groups is 1. The van der Waals surface area contributed by atoms with Gasteiger partial charge in [-0.05, 0) is 0 Å². The van der Waals surface area contributed by atoms with Crippen LogP contribution in [0.2, 0.25) is 0 Å². The Kier molecular flexibility index (Phi) is 4.83. The summed E-state index contributed by atoms with van der Waals surface area (Å²) in [5.74, 6) is -17.9. The summed E-state index contributed by atoms with van der Waals surface area (Å²) in [6.07, 6.45) is -6.67. The first-order valence-corrected chi connectivity index (χ1v) is 4.85. The second kappa shape index (κ2) is 5.37. The first-order chi connectivity index (χ1) is 9.09. The molecule has 0 unspecified atom stereocenters. The highest BCUT2D eigenvalue weighted by atomic mass is 19.4. The van der Waals surface area contributed by atoms with Gasteiger partial charge in [0.1, 0.15) is 0 Å². The quantitative estimate of drug-likeness (QED) is 0.402. The molecule has 0 aromatic heterocycles. The number of hydrogen-bond donors (Lipinski definition) is 3. The summed E-state index contributed by atoms with van der Waals surface area (Å²) < 4.78 is 87.3. The van der Waals surface area contributed by atoms with Gasteiger partial charge in [-0.2, -0.15) is 30.7 Å². The Morgan fingerprint density at radius 3 is 1.62 bits per heavy atom. The van der Waals surface area contributed by atoms with Crippen molar-refractivity contribution >= 4 is 17.8 Å². The topological polar surface area (TPSA) is 97.3 Å². The van der Waals surface area contributed by atoms with Crippen LogP contribution in [0.25, 0.3) is 0 Å². The molecule has 4 N–H and O–H groups in total. The van der Waals surface area contributed by atoms with Crippen LogP contribution >= 0.6 is 0 Å². The molecule has 0 aliphatic rings. The van der Waals surface area contributed by atoms with Crippen LogP contribution in [0.3, 0.4) is 0 Å². The Labute approximate surface area is 113 Å². The number of nitrogens with zero attached hydrogens (tertiary/aromatic N) is 2. The van der Waals surface area contributed by atoms with Gasteiger partial charge in [0, 0.05) is 14.1 Å². The van der Waals surface area contributed by atoms with Gasteiger partial charge in [-0.1, -0.05) is 0 Å². The van der Waals surface area contributed by atoms with Crippen LogP contribution in [0.15, 0.2) is 0 Å². The molecule has 0 aromatic rings. The summed E-state index contributed by atoms with van der Waals surface area (Å²) in [6.45, 7) is 0. The smallest absolute Gasteiger partial charge is 0.370 e. The molecular weight excluding hydrogens is 315 g/mol. The zero-order valence-corrected chi connectivity index (χ0v) is 10.5. The van der Waals surface area contributed by atoms with Crippen molar-refractivity contribution in [2.45, 2.75) is 18.0 Å². The van der Waals surface area contributed by atoms with Crippen LogP contribution in [0, 0.1) is 10.8 Å². The molecule has 1 amide bonds. The summed E-state index contributed by atoms with van der Waals surface area (Å²) in [4.78, 5) is 11.0. The monoisotopic (exact) mass is 325 g/mol. The van der Waals surface area contributed by atoms with Crippen molar-refractivity contribution in [3.05, 3.63) is 0 Å². The number of nitrogens with two attached hydrogens (primary N) is 1. The maximum absolute atomic E-state index is 13.1. The number of nitrogens with one attached hydrogen (secondary N) is 2. The highest BCUT2D eigenvalue weighted by molar-refractivity contribution is 6.04. The summed E-state index contributed by atoms with van der Waals surface area (Å²) in [6, 6.07) is 0. The van der Waals surface area contributed by atoms with Crippen molar-refractivity contribution in [2.24, 2.45) is 5.73 Å². The van der Waals surface area contributed by atoms with Gasteiger partial charge in [-0.3, -0.25) is 25.4 Å². The van der Waals surface area contributed by atoms with E-state index < -0.39 is 40.7 Å². The van der Waals surface area contributed by atoms with Crippen LogP contribution < -0.4 is 5.73 Å². The Bertz CT molecular complexity index is 460. The van der Waals surface area contributed by atoms with E-state index in [9.17, 15) is 35.5 Å². The van der Waals surface area contributed by atoms with Gasteiger partial charge in [0.05, 0.1) is 0 Å². The number of hydrogen-bond acceptors (Lipinski definition) is 3. The Hall–Kier alpha value is -2.08. The fourth-order valence-electron chi connectivity index (χ4n) is 0.958. The van der Waals surface area contributed by atoms with E-state index in [0.717, 1.165) is 7.05 Å². The molecule has 0 aliphatic carbocycles. The lowest BCUT2D eigenvalue weighted by molar-refractivity contribution is -0.345. The standard InChI is InChI=1S/C8H10F7N5O/c1-19(5(18)20(2)4(16)17)3(21)6(9,10)7(11,12)8(13,14)15/h18H,1-2H3,(H3,16,17).